The van der Waals surface area contributed by atoms with Crippen molar-refractivity contribution in [3.63, 3.8) is 0 Å². The smallest absolute Gasteiger partial charge is 0.338 e. The molecule has 1 fully saturated rings. The van der Waals surface area contributed by atoms with Crippen molar-refractivity contribution < 1.29 is 27.2 Å². The van der Waals surface area contributed by atoms with E-state index in [1.54, 1.807) is 0 Å². The Hall–Kier alpha value is -3.24. The first kappa shape index (κ1) is 23.9. The van der Waals surface area contributed by atoms with Crippen LogP contribution in [0.4, 0.5) is 0 Å². The molecule has 2 aromatic carbocycles. The Morgan fingerprint density at radius 1 is 1.15 bits per heavy atom. The van der Waals surface area contributed by atoms with Crippen LogP contribution >= 0.6 is 0 Å². The van der Waals surface area contributed by atoms with Gasteiger partial charge in [0.1, 0.15) is 5.75 Å². The van der Waals surface area contributed by atoms with Crippen LogP contribution in [0.1, 0.15) is 49.4 Å². The number of benzene rings is 2. The third-order valence-electron chi connectivity index (χ3n) is 5.66. The molecule has 0 aliphatic carbocycles. The van der Waals surface area contributed by atoms with Crippen molar-refractivity contribution >= 4 is 16.0 Å². The quantitative estimate of drug-likeness (QED) is 0.439. The van der Waals surface area contributed by atoms with Gasteiger partial charge in [-0.25, -0.2) is 13.2 Å². The van der Waals surface area contributed by atoms with Gasteiger partial charge in [-0.15, -0.1) is 0 Å². The van der Waals surface area contributed by atoms with E-state index in [1.165, 1.54) is 28.6 Å². The number of carbonyl (C=O) groups excluding carboxylic acids is 1. The molecular formula is C24H27N3O6S. The second kappa shape index (κ2) is 10.4. The molecule has 1 atom stereocenters. The molecule has 3 aromatic rings. The van der Waals surface area contributed by atoms with Crippen LogP contribution in [0.3, 0.4) is 0 Å². The molecule has 2 heterocycles. The van der Waals surface area contributed by atoms with Crippen molar-refractivity contribution in [2.75, 3.05) is 13.2 Å². The van der Waals surface area contributed by atoms with Crippen LogP contribution < -0.4 is 4.74 Å². The first-order valence-electron chi connectivity index (χ1n) is 11.2. The number of nitrogens with zero attached hydrogens (tertiary/aromatic N) is 3. The lowest BCUT2D eigenvalue weighted by Gasteiger charge is -2.32. The second-order valence-electron chi connectivity index (χ2n) is 8.00. The maximum absolute atomic E-state index is 12.9. The SMILES string of the molecule is CCOc1ccccc1-c1noc(COC(=O)c2ccc(S(=O)(=O)N3CCCCC3C)cc2)n1. The number of sulfonamides is 1. The Balaban J connectivity index is 1.40. The Morgan fingerprint density at radius 3 is 2.65 bits per heavy atom. The van der Waals surface area contributed by atoms with E-state index in [-0.39, 0.29) is 29.0 Å². The summed E-state index contributed by atoms with van der Waals surface area (Å²) in [6.07, 6.45) is 2.72. The van der Waals surface area contributed by atoms with Gasteiger partial charge >= 0.3 is 5.97 Å². The van der Waals surface area contributed by atoms with Gasteiger partial charge in [0, 0.05) is 12.6 Å². The minimum atomic E-state index is -3.60. The van der Waals surface area contributed by atoms with E-state index in [2.05, 4.69) is 10.1 Å². The van der Waals surface area contributed by atoms with Crippen molar-refractivity contribution in [2.45, 2.75) is 50.7 Å². The van der Waals surface area contributed by atoms with Crippen molar-refractivity contribution in [1.82, 2.24) is 14.4 Å². The molecule has 0 bridgehead atoms. The summed E-state index contributed by atoms with van der Waals surface area (Å²) in [7, 11) is -3.60. The summed E-state index contributed by atoms with van der Waals surface area (Å²) in [5.74, 6) is 0.470. The first-order chi connectivity index (χ1) is 16.4. The maximum Gasteiger partial charge on any atom is 0.338 e. The Bertz CT molecular complexity index is 1240. The standard InChI is InChI=1S/C24H27N3O6S/c1-3-31-21-10-5-4-9-20(21)23-25-22(33-26-23)16-32-24(28)18-11-13-19(14-12-18)34(29,30)27-15-7-6-8-17(27)2/h4-5,9-14,17H,3,6-8,15-16H2,1-2H3. The first-order valence-corrected chi connectivity index (χ1v) is 12.7. The molecular weight excluding hydrogens is 458 g/mol. The monoisotopic (exact) mass is 485 g/mol. The maximum atomic E-state index is 12.9. The van der Waals surface area contributed by atoms with E-state index in [9.17, 15) is 13.2 Å². The van der Waals surface area contributed by atoms with Crippen molar-refractivity contribution in [2.24, 2.45) is 0 Å². The van der Waals surface area contributed by atoms with E-state index in [0.717, 1.165) is 19.3 Å². The molecule has 10 heteroatoms. The average molecular weight is 486 g/mol. The van der Waals surface area contributed by atoms with Gasteiger partial charge in [0.05, 0.1) is 22.6 Å². The fraction of sp³-hybridized carbons (Fsp3) is 0.375. The molecule has 0 N–H and O–H groups in total. The summed E-state index contributed by atoms with van der Waals surface area (Å²) < 4.78 is 43.5. The van der Waals surface area contributed by atoms with Gasteiger partial charge in [0.25, 0.3) is 5.89 Å². The summed E-state index contributed by atoms with van der Waals surface area (Å²) in [5, 5.41) is 3.94. The molecule has 0 amide bonds. The van der Waals surface area contributed by atoms with Crippen LogP contribution in [0, 0.1) is 0 Å². The van der Waals surface area contributed by atoms with Gasteiger partial charge in [-0.05, 0) is 63.1 Å². The van der Waals surface area contributed by atoms with E-state index >= 15 is 0 Å². The molecule has 1 aromatic heterocycles. The average Bonchev–Trinajstić information content (AvgIpc) is 3.32. The van der Waals surface area contributed by atoms with Gasteiger partial charge < -0.3 is 14.0 Å². The normalized spacial score (nSPS) is 16.8. The molecule has 9 nitrogen and oxygen atoms in total. The van der Waals surface area contributed by atoms with Gasteiger partial charge in [-0.3, -0.25) is 0 Å². The molecule has 1 aliphatic heterocycles. The number of carbonyl (C=O) groups is 1. The molecule has 1 aliphatic rings. The van der Waals surface area contributed by atoms with Gasteiger partial charge in [-0.2, -0.15) is 9.29 Å². The summed E-state index contributed by atoms with van der Waals surface area (Å²) in [6, 6.07) is 13.0. The second-order valence-corrected chi connectivity index (χ2v) is 9.89. The number of rotatable bonds is 8. The topological polar surface area (TPSA) is 112 Å². The largest absolute Gasteiger partial charge is 0.493 e. The molecule has 0 radical (unpaired) electrons. The predicted molar refractivity (Wildman–Crippen MR) is 124 cm³/mol. The van der Waals surface area contributed by atoms with E-state index in [4.69, 9.17) is 14.0 Å². The number of hydrogen-bond acceptors (Lipinski definition) is 8. The van der Waals surface area contributed by atoms with E-state index in [0.29, 0.717) is 30.3 Å². The Kier molecular flexibility index (Phi) is 7.28. The molecule has 0 saturated carbocycles. The summed E-state index contributed by atoms with van der Waals surface area (Å²) in [5.41, 5.74) is 0.901. The van der Waals surface area contributed by atoms with E-state index in [1.807, 2.05) is 38.1 Å². The number of piperidine rings is 1. The number of aromatic nitrogens is 2. The highest BCUT2D eigenvalue weighted by Crippen LogP contribution is 2.28. The van der Waals surface area contributed by atoms with Crippen LogP contribution in [0.25, 0.3) is 11.4 Å². The van der Waals surface area contributed by atoms with Crippen LogP contribution in [-0.4, -0.2) is 48.0 Å². The highest BCUT2D eigenvalue weighted by Gasteiger charge is 2.31. The minimum absolute atomic E-state index is 0.0387. The van der Waals surface area contributed by atoms with Gasteiger partial charge in [-0.1, -0.05) is 23.7 Å². The molecule has 1 saturated heterocycles. The van der Waals surface area contributed by atoms with Crippen molar-refractivity contribution in [1.29, 1.82) is 0 Å². The van der Waals surface area contributed by atoms with Crippen LogP contribution in [0.15, 0.2) is 57.9 Å². The zero-order valence-corrected chi connectivity index (χ0v) is 20.0. The lowest BCUT2D eigenvalue weighted by atomic mass is 10.1. The van der Waals surface area contributed by atoms with Crippen LogP contribution in [0.5, 0.6) is 5.75 Å². The lowest BCUT2D eigenvalue weighted by Crippen LogP contribution is -2.41. The minimum Gasteiger partial charge on any atom is -0.493 e. The molecule has 180 valence electrons. The van der Waals surface area contributed by atoms with Crippen molar-refractivity contribution in [3.8, 4) is 17.1 Å². The lowest BCUT2D eigenvalue weighted by molar-refractivity contribution is 0.0429. The fourth-order valence-electron chi connectivity index (χ4n) is 3.89. The Morgan fingerprint density at radius 2 is 1.91 bits per heavy atom. The predicted octanol–water partition coefficient (Wildman–Crippen LogP) is 4.06. The number of hydrogen-bond donors (Lipinski definition) is 0. The summed E-state index contributed by atoms with van der Waals surface area (Å²) >= 11 is 0. The summed E-state index contributed by atoms with van der Waals surface area (Å²) in [4.78, 5) is 16.9. The van der Waals surface area contributed by atoms with E-state index < -0.39 is 16.0 Å². The van der Waals surface area contributed by atoms with Gasteiger partial charge in [0.15, 0.2) is 6.61 Å². The third-order valence-corrected chi connectivity index (χ3v) is 7.69. The highest BCUT2D eigenvalue weighted by molar-refractivity contribution is 7.89. The number of ether oxygens (including phenoxy) is 2. The zero-order chi connectivity index (χ0) is 24.1. The highest BCUT2D eigenvalue weighted by atomic mass is 32.2. The molecule has 34 heavy (non-hydrogen) atoms. The van der Waals surface area contributed by atoms with Crippen molar-refractivity contribution in [3.05, 3.63) is 60.0 Å². The molecule has 1 unspecified atom stereocenters. The number of esters is 1. The molecule has 4 rings (SSSR count). The fourth-order valence-corrected chi connectivity index (χ4v) is 5.59. The van der Waals surface area contributed by atoms with Crippen LogP contribution in [-0.2, 0) is 21.4 Å². The summed E-state index contributed by atoms with van der Waals surface area (Å²) in [6.45, 7) is 4.59. The number of para-hydroxylation sites is 1. The van der Waals surface area contributed by atoms with Gasteiger partial charge in [0.2, 0.25) is 15.8 Å². The zero-order valence-electron chi connectivity index (χ0n) is 19.1. The third kappa shape index (κ3) is 5.13. The Labute approximate surface area is 198 Å². The molecule has 0 spiro atoms. The van der Waals surface area contributed by atoms with Crippen LogP contribution in [0.2, 0.25) is 0 Å².